The van der Waals surface area contributed by atoms with Crippen LogP contribution < -0.4 is 0 Å². The maximum atomic E-state index is 4.00. The summed E-state index contributed by atoms with van der Waals surface area (Å²) < 4.78 is 0. The number of aryl methyl sites for hydroxylation is 3. The molecule has 0 saturated heterocycles. The minimum absolute atomic E-state index is 1.26. The molecule has 0 heteroatoms. The van der Waals surface area contributed by atoms with Gasteiger partial charge in [0, 0.05) is 0 Å². The second-order valence-electron chi connectivity index (χ2n) is 5.29. The van der Waals surface area contributed by atoms with Gasteiger partial charge in [-0.3, -0.25) is 0 Å². The van der Waals surface area contributed by atoms with Crippen molar-refractivity contribution >= 4 is 27.6 Å². The van der Waals surface area contributed by atoms with Crippen LogP contribution in [0.4, 0.5) is 0 Å². The summed E-state index contributed by atoms with van der Waals surface area (Å²) >= 11 is 0. The highest BCUT2D eigenvalue weighted by Gasteiger charge is 2.10. The molecule has 108 valence electrons. The van der Waals surface area contributed by atoms with Crippen LogP contribution in [0.3, 0.4) is 0 Å². The van der Waals surface area contributed by atoms with Crippen LogP contribution in [0.5, 0.6) is 0 Å². The lowest BCUT2D eigenvalue weighted by atomic mass is 9.89. The van der Waals surface area contributed by atoms with Crippen molar-refractivity contribution in [1.29, 1.82) is 0 Å². The molecule has 0 spiro atoms. The fourth-order valence-electron chi connectivity index (χ4n) is 3.05. The standard InChI is InChI=1S/C19H18.C2H6/c1-5-15-14(4)16-10-9-12(2)11-18(16)19-13(3)7-6-8-17(15)19;1-2/h5-11H,1H2,2-4H3;1-2H3. The number of hydrogen-bond donors (Lipinski definition) is 0. The van der Waals surface area contributed by atoms with Crippen LogP contribution in [0, 0.1) is 20.8 Å². The molecule has 3 aromatic rings. The van der Waals surface area contributed by atoms with Crippen molar-refractivity contribution in [2.75, 3.05) is 0 Å². The molecule has 0 aliphatic heterocycles. The largest absolute Gasteiger partial charge is 0.0984 e. The minimum atomic E-state index is 1.26. The average Bonchev–Trinajstić information content (AvgIpc) is 2.49. The topological polar surface area (TPSA) is 0 Å². The van der Waals surface area contributed by atoms with Crippen molar-refractivity contribution in [1.82, 2.24) is 0 Å². The Morgan fingerprint density at radius 1 is 0.857 bits per heavy atom. The van der Waals surface area contributed by atoms with E-state index in [1.165, 1.54) is 43.8 Å². The monoisotopic (exact) mass is 276 g/mol. The van der Waals surface area contributed by atoms with Gasteiger partial charge < -0.3 is 0 Å². The molecule has 0 unspecified atom stereocenters. The summed E-state index contributed by atoms with van der Waals surface area (Å²) in [5, 5.41) is 5.37. The molecule has 0 aliphatic rings. The summed E-state index contributed by atoms with van der Waals surface area (Å²) in [6.45, 7) is 14.5. The van der Waals surface area contributed by atoms with E-state index in [4.69, 9.17) is 0 Å². The molecule has 0 heterocycles. The average molecular weight is 276 g/mol. The highest BCUT2D eigenvalue weighted by Crippen LogP contribution is 2.35. The van der Waals surface area contributed by atoms with Crippen molar-refractivity contribution in [3.8, 4) is 0 Å². The molecule has 0 atom stereocenters. The molecule has 0 nitrogen and oxygen atoms in total. The van der Waals surface area contributed by atoms with E-state index in [0.717, 1.165) is 0 Å². The van der Waals surface area contributed by atoms with Crippen LogP contribution in [-0.4, -0.2) is 0 Å². The summed E-state index contributed by atoms with van der Waals surface area (Å²) in [6, 6.07) is 13.2. The Kier molecular flexibility index (Phi) is 4.47. The molecule has 3 aromatic carbocycles. The fourth-order valence-corrected chi connectivity index (χ4v) is 3.05. The van der Waals surface area contributed by atoms with E-state index in [2.05, 4.69) is 63.7 Å². The van der Waals surface area contributed by atoms with Gasteiger partial charge >= 0.3 is 0 Å². The predicted octanol–water partition coefficient (Wildman–Crippen LogP) is 6.59. The number of hydrogen-bond acceptors (Lipinski definition) is 0. The zero-order valence-corrected chi connectivity index (χ0v) is 13.7. The molecule has 0 amide bonds. The van der Waals surface area contributed by atoms with Gasteiger partial charge in [-0.2, -0.15) is 0 Å². The maximum absolute atomic E-state index is 4.00. The van der Waals surface area contributed by atoms with Gasteiger partial charge in [-0.05, 0) is 59.0 Å². The van der Waals surface area contributed by atoms with Crippen LogP contribution in [0.2, 0.25) is 0 Å². The highest BCUT2D eigenvalue weighted by molar-refractivity contribution is 6.14. The first-order valence-corrected chi connectivity index (χ1v) is 7.68. The van der Waals surface area contributed by atoms with Gasteiger partial charge in [0.15, 0.2) is 0 Å². The van der Waals surface area contributed by atoms with Crippen molar-refractivity contribution in [2.24, 2.45) is 0 Å². The molecule has 0 bridgehead atoms. The summed E-state index contributed by atoms with van der Waals surface area (Å²) in [7, 11) is 0. The second-order valence-corrected chi connectivity index (χ2v) is 5.29. The summed E-state index contributed by atoms with van der Waals surface area (Å²) in [5.74, 6) is 0. The Bertz CT molecular complexity index is 807. The number of fused-ring (bicyclic) bond motifs is 3. The lowest BCUT2D eigenvalue weighted by molar-refractivity contribution is 1.46. The van der Waals surface area contributed by atoms with E-state index in [1.54, 1.807) is 0 Å². The summed E-state index contributed by atoms with van der Waals surface area (Å²) in [5.41, 5.74) is 5.22. The van der Waals surface area contributed by atoms with Gasteiger partial charge in [0.25, 0.3) is 0 Å². The molecule has 21 heavy (non-hydrogen) atoms. The summed E-state index contributed by atoms with van der Waals surface area (Å²) in [4.78, 5) is 0. The Labute approximate surface area is 128 Å². The fraction of sp³-hybridized carbons (Fsp3) is 0.238. The third kappa shape index (κ3) is 2.47. The number of rotatable bonds is 1. The number of benzene rings is 3. The van der Waals surface area contributed by atoms with Crippen LogP contribution in [0.15, 0.2) is 43.0 Å². The third-order valence-electron chi connectivity index (χ3n) is 4.02. The van der Waals surface area contributed by atoms with Crippen molar-refractivity contribution in [3.05, 3.63) is 65.2 Å². The van der Waals surface area contributed by atoms with Gasteiger partial charge in [-0.1, -0.05) is 68.5 Å². The van der Waals surface area contributed by atoms with Crippen molar-refractivity contribution in [3.63, 3.8) is 0 Å². The third-order valence-corrected chi connectivity index (χ3v) is 4.02. The van der Waals surface area contributed by atoms with Crippen LogP contribution in [-0.2, 0) is 0 Å². The highest BCUT2D eigenvalue weighted by atomic mass is 14.1. The zero-order valence-electron chi connectivity index (χ0n) is 13.7. The van der Waals surface area contributed by atoms with Gasteiger partial charge in [-0.15, -0.1) is 0 Å². The van der Waals surface area contributed by atoms with Crippen LogP contribution in [0.1, 0.15) is 36.1 Å². The minimum Gasteiger partial charge on any atom is -0.0984 e. The van der Waals surface area contributed by atoms with E-state index >= 15 is 0 Å². The first kappa shape index (κ1) is 15.3. The predicted molar refractivity (Wildman–Crippen MR) is 97.1 cm³/mol. The van der Waals surface area contributed by atoms with Crippen molar-refractivity contribution < 1.29 is 0 Å². The SMILES string of the molecule is C=Cc1c(C)c2ccc(C)cc2c2c(C)cccc12.CC. The molecule has 0 N–H and O–H groups in total. The van der Waals surface area contributed by atoms with Gasteiger partial charge in [0.2, 0.25) is 0 Å². The molecule has 0 saturated carbocycles. The van der Waals surface area contributed by atoms with Crippen molar-refractivity contribution in [2.45, 2.75) is 34.6 Å². The maximum Gasteiger partial charge on any atom is -0.00698 e. The van der Waals surface area contributed by atoms with Gasteiger partial charge in [0.1, 0.15) is 0 Å². The Balaban J connectivity index is 0.000000774. The second kappa shape index (κ2) is 6.13. The zero-order chi connectivity index (χ0) is 15.6. The molecule has 0 aliphatic carbocycles. The molecule has 0 radical (unpaired) electrons. The molecular formula is C21H24. The Morgan fingerprint density at radius 2 is 1.57 bits per heavy atom. The molecule has 0 fully saturated rings. The lowest BCUT2D eigenvalue weighted by Crippen LogP contribution is -1.91. The van der Waals surface area contributed by atoms with E-state index in [-0.39, 0.29) is 0 Å². The van der Waals surface area contributed by atoms with E-state index in [1.807, 2.05) is 19.9 Å². The van der Waals surface area contributed by atoms with Gasteiger partial charge in [-0.25, -0.2) is 0 Å². The first-order valence-electron chi connectivity index (χ1n) is 7.68. The van der Waals surface area contributed by atoms with E-state index in [0.29, 0.717) is 0 Å². The summed E-state index contributed by atoms with van der Waals surface area (Å²) in [6.07, 6.45) is 1.98. The van der Waals surface area contributed by atoms with Gasteiger partial charge in [0.05, 0.1) is 0 Å². The Morgan fingerprint density at radius 3 is 2.24 bits per heavy atom. The molecule has 0 aromatic heterocycles. The normalized spacial score (nSPS) is 10.3. The lowest BCUT2D eigenvalue weighted by Gasteiger charge is -2.14. The van der Waals surface area contributed by atoms with E-state index in [9.17, 15) is 0 Å². The first-order chi connectivity index (χ1) is 10.1. The molecule has 3 rings (SSSR count). The van der Waals surface area contributed by atoms with Crippen LogP contribution >= 0.6 is 0 Å². The van der Waals surface area contributed by atoms with E-state index < -0.39 is 0 Å². The Hall–Kier alpha value is -2.08. The quantitative estimate of drug-likeness (QED) is 0.440. The smallest absolute Gasteiger partial charge is 0.00698 e. The van der Waals surface area contributed by atoms with Crippen LogP contribution in [0.25, 0.3) is 27.6 Å². The molecular weight excluding hydrogens is 252 g/mol.